The number of pyridine rings is 1. The zero-order chi connectivity index (χ0) is 19.0. The summed E-state index contributed by atoms with van der Waals surface area (Å²) in [5.41, 5.74) is 6.16. The summed E-state index contributed by atoms with van der Waals surface area (Å²) < 4.78 is 6.66. The summed E-state index contributed by atoms with van der Waals surface area (Å²) in [6, 6.07) is 12.2. The van der Waals surface area contributed by atoms with Crippen molar-refractivity contribution in [2.45, 2.75) is 0 Å². The number of hydrogen-bond acceptors (Lipinski definition) is 6. The molecule has 3 aromatic heterocycles. The van der Waals surface area contributed by atoms with Crippen molar-refractivity contribution in [1.82, 2.24) is 24.5 Å². The Kier molecular flexibility index (Phi) is 3.88. The molecule has 0 atom stereocenters. The highest BCUT2D eigenvalue weighted by molar-refractivity contribution is 6.02. The van der Waals surface area contributed by atoms with Crippen LogP contribution in [0.25, 0.3) is 28.4 Å². The van der Waals surface area contributed by atoms with E-state index in [1.54, 1.807) is 48.7 Å². The van der Waals surface area contributed by atoms with E-state index in [1.807, 2.05) is 0 Å². The Balaban J connectivity index is 2.10. The summed E-state index contributed by atoms with van der Waals surface area (Å²) in [6.45, 7) is 0. The van der Waals surface area contributed by atoms with Gasteiger partial charge in [0, 0.05) is 6.20 Å². The number of ether oxygens (including phenoxy) is 1. The zero-order valence-corrected chi connectivity index (χ0v) is 14.2. The van der Waals surface area contributed by atoms with E-state index in [0.717, 1.165) is 0 Å². The van der Waals surface area contributed by atoms with E-state index in [9.17, 15) is 9.59 Å². The van der Waals surface area contributed by atoms with Crippen molar-refractivity contribution in [2.75, 3.05) is 7.11 Å². The molecule has 4 rings (SSSR count). The minimum absolute atomic E-state index is 0.0913. The Hall–Kier alpha value is -4.01. The van der Waals surface area contributed by atoms with Crippen LogP contribution in [0.2, 0.25) is 0 Å². The van der Waals surface area contributed by atoms with Crippen LogP contribution >= 0.6 is 0 Å². The number of methoxy groups -OCH3 is 1. The number of para-hydroxylation sites is 2. The third-order valence-electron chi connectivity index (χ3n) is 3.99. The Morgan fingerprint density at radius 3 is 2.63 bits per heavy atom. The Labute approximate surface area is 152 Å². The van der Waals surface area contributed by atoms with E-state index in [4.69, 9.17) is 10.5 Å². The van der Waals surface area contributed by atoms with Gasteiger partial charge in [0.1, 0.15) is 17.0 Å². The first-order valence-electron chi connectivity index (χ1n) is 7.97. The lowest BCUT2D eigenvalue weighted by molar-refractivity contribution is 0.0997. The van der Waals surface area contributed by atoms with Crippen molar-refractivity contribution in [3.05, 3.63) is 64.8 Å². The van der Waals surface area contributed by atoms with E-state index in [-0.39, 0.29) is 22.7 Å². The largest absolute Gasteiger partial charge is 0.495 e. The third-order valence-corrected chi connectivity index (χ3v) is 3.99. The van der Waals surface area contributed by atoms with Crippen LogP contribution < -0.4 is 16.2 Å². The highest BCUT2D eigenvalue weighted by Gasteiger charge is 2.21. The molecule has 0 aliphatic rings. The van der Waals surface area contributed by atoms with Gasteiger partial charge < -0.3 is 15.5 Å². The summed E-state index contributed by atoms with van der Waals surface area (Å²) in [5.74, 6) is -0.133. The molecule has 134 valence electrons. The first kappa shape index (κ1) is 16.5. The molecule has 3 heterocycles. The van der Waals surface area contributed by atoms with Gasteiger partial charge in [0.05, 0.1) is 12.8 Å². The second kappa shape index (κ2) is 6.37. The number of amides is 1. The van der Waals surface area contributed by atoms with Crippen molar-refractivity contribution >= 4 is 17.1 Å². The predicted molar refractivity (Wildman–Crippen MR) is 97.8 cm³/mol. The molecule has 0 aliphatic carbocycles. The summed E-state index contributed by atoms with van der Waals surface area (Å²) >= 11 is 0. The second-order valence-corrected chi connectivity index (χ2v) is 5.61. The van der Waals surface area contributed by atoms with E-state index in [2.05, 4.69) is 19.9 Å². The summed E-state index contributed by atoms with van der Waals surface area (Å²) in [7, 11) is 1.50. The van der Waals surface area contributed by atoms with Crippen LogP contribution in [-0.2, 0) is 0 Å². The maximum absolute atomic E-state index is 12.6. The Bertz CT molecular complexity index is 1210. The number of primary amides is 1. The van der Waals surface area contributed by atoms with Gasteiger partial charge in [-0.1, -0.05) is 18.2 Å². The number of aromatic nitrogens is 5. The van der Waals surface area contributed by atoms with E-state index >= 15 is 0 Å². The van der Waals surface area contributed by atoms with Crippen molar-refractivity contribution in [1.29, 1.82) is 0 Å². The van der Waals surface area contributed by atoms with E-state index in [0.29, 0.717) is 17.1 Å². The number of benzene rings is 1. The number of rotatable bonds is 4. The molecule has 1 aromatic carbocycles. The SMILES string of the molecule is COc1ccccc1-n1c(=O)[nH]c2c(C(N)=O)nc(-c3ccccn3)nc21. The fraction of sp³-hybridized carbons (Fsp3) is 0.0556. The van der Waals surface area contributed by atoms with Crippen LogP contribution in [-0.4, -0.2) is 37.5 Å². The summed E-state index contributed by atoms with van der Waals surface area (Å²) in [4.78, 5) is 40.0. The molecular weight excluding hydrogens is 348 g/mol. The summed E-state index contributed by atoms with van der Waals surface area (Å²) in [6.07, 6.45) is 1.58. The van der Waals surface area contributed by atoms with Crippen LogP contribution in [0.3, 0.4) is 0 Å². The van der Waals surface area contributed by atoms with Gasteiger partial charge in [0.2, 0.25) is 0 Å². The topological polar surface area (TPSA) is 129 Å². The molecule has 0 spiro atoms. The summed E-state index contributed by atoms with van der Waals surface area (Å²) in [5, 5.41) is 0. The number of carbonyl (C=O) groups is 1. The number of H-pyrrole nitrogens is 1. The number of nitrogens with one attached hydrogen (secondary N) is 1. The van der Waals surface area contributed by atoms with E-state index in [1.165, 1.54) is 11.7 Å². The van der Waals surface area contributed by atoms with Crippen LogP contribution in [0.1, 0.15) is 10.5 Å². The molecule has 27 heavy (non-hydrogen) atoms. The van der Waals surface area contributed by atoms with E-state index < -0.39 is 11.6 Å². The lowest BCUT2D eigenvalue weighted by Gasteiger charge is -2.09. The van der Waals surface area contributed by atoms with Crippen LogP contribution in [0.15, 0.2) is 53.5 Å². The normalized spacial score (nSPS) is 10.9. The molecule has 0 fully saturated rings. The highest BCUT2D eigenvalue weighted by atomic mass is 16.5. The number of carbonyl (C=O) groups excluding carboxylic acids is 1. The van der Waals surface area contributed by atoms with Gasteiger partial charge in [0.15, 0.2) is 17.2 Å². The van der Waals surface area contributed by atoms with Gasteiger partial charge >= 0.3 is 5.69 Å². The smallest absolute Gasteiger partial charge is 0.332 e. The molecule has 3 N–H and O–H groups in total. The van der Waals surface area contributed by atoms with Gasteiger partial charge in [-0.3, -0.25) is 9.78 Å². The van der Waals surface area contributed by atoms with Crippen molar-refractivity contribution in [3.8, 4) is 23.0 Å². The fourth-order valence-electron chi connectivity index (χ4n) is 2.81. The van der Waals surface area contributed by atoms with Crippen molar-refractivity contribution in [3.63, 3.8) is 0 Å². The molecule has 1 amide bonds. The predicted octanol–water partition coefficient (Wildman–Crippen LogP) is 1.28. The molecule has 4 aromatic rings. The molecule has 0 saturated carbocycles. The highest BCUT2D eigenvalue weighted by Crippen LogP contribution is 2.25. The Morgan fingerprint density at radius 1 is 1.15 bits per heavy atom. The molecule has 9 heteroatoms. The lowest BCUT2D eigenvalue weighted by atomic mass is 10.2. The van der Waals surface area contributed by atoms with Crippen molar-refractivity contribution < 1.29 is 9.53 Å². The van der Waals surface area contributed by atoms with Crippen LogP contribution in [0.4, 0.5) is 0 Å². The monoisotopic (exact) mass is 362 g/mol. The lowest BCUT2D eigenvalue weighted by Crippen LogP contribution is -2.16. The molecule has 0 aliphatic heterocycles. The Morgan fingerprint density at radius 2 is 1.93 bits per heavy atom. The van der Waals surface area contributed by atoms with Gasteiger partial charge in [-0.15, -0.1) is 0 Å². The van der Waals surface area contributed by atoms with Gasteiger partial charge in [-0.25, -0.2) is 19.3 Å². The number of nitrogens with two attached hydrogens (primary N) is 1. The molecule has 0 bridgehead atoms. The van der Waals surface area contributed by atoms with Crippen LogP contribution in [0.5, 0.6) is 5.75 Å². The minimum atomic E-state index is -0.784. The standard InChI is InChI=1S/C18H14N6O3/c1-27-12-8-3-2-7-11(12)24-17-14(22-18(24)26)13(15(19)25)21-16(23-17)10-6-4-5-9-20-10/h2-9H,1H3,(H2,19,25)(H,22,26). The molecule has 0 radical (unpaired) electrons. The van der Waals surface area contributed by atoms with Crippen molar-refractivity contribution in [2.24, 2.45) is 5.73 Å². The number of aromatic amines is 1. The second-order valence-electron chi connectivity index (χ2n) is 5.61. The maximum atomic E-state index is 12.6. The average molecular weight is 362 g/mol. The quantitative estimate of drug-likeness (QED) is 0.563. The average Bonchev–Trinajstić information content (AvgIpc) is 3.03. The maximum Gasteiger partial charge on any atom is 0.332 e. The molecule has 9 nitrogen and oxygen atoms in total. The number of imidazole rings is 1. The molecule has 0 unspecified atom stereocenters. The first-order chi connectivity index (χ1) is 13.1. The van der Waals surface area contributed by atoms with Gasteiger partial charge in [-0.05, 0) is 24.3 Å². The minimum Gasteiger partial charge on any atom is -0.495 e. The number of fused-ring (bicyclic) bond motifs is 1. The zero-order valence-electron chi connectivity index (χ0n) is 14.2. The molecular formula is C18H14N6O3. The first-order valence-corrected chi connectivity index (χ1v) is 7.97. The van der Waals surface area contributed by atoms with Gasteiger partial charge in [0.25, 0.3) is 5.91 Å². The third kappa shape index (κ3) is 2.71. The number of hydrogen-bond donors (Lipinski definition) is 2. The van der Waals surface area contributed by atoms with Gasteiger partial charge in [-0.2, -0.15) is 0 Å². The molecule has 0 saturated heterocycles. The van der Waals surface area contributed by atoms with Crippen LogP contribution in [0, 0.1) is 0 Å². The number of nitrogens with zero attached hydrogens (tertiary/aromatic N) is 4. The fourth-order valence-corrected chi connectivity index (χ4v) is 2.81.